The van der Waals surface area contributed by atoms with Crippen LogP contribution in [0.3, 0.4) is 0 Å². The summed E-state index contributed by atoms with van der Waals surface area (Å²) in [5.74, 6) is -0.387. The summed E-state index contributed by atoms with van der Waals surface area (Å²) in [5.41, 5.74) is 2.49. The number of para-hydroxylation sites is 1. The van der Waals surface area contributed by atoms with Crippen LogP contribution in [0.25, 0.3) is 6.08 Å². The number of carbonyl (C=O) groups is 1. The van der Waals surface area contributed by atoms with E-state index in [1.807, 2.05) is 54.6 Å². The van der Waals surface area contributed by atoms with Crippen LogP contribution in [-0.2, 0) is 9.53 Å². The summed E-state index contributed by atoms with van der Waals surface area (Å²) in [5, 5.41) is 12.6. The number of hydrogen-bond donors (Lipinski definition) is 1. The molecule has 1 unspecified atom stereocenters. The zero-order valence-corrected chi connectivity index (χ0v) is 12.9. The Morgan fingerprint density at radius 3 is 2.61 bits per heavy atom. The van der Waals surface area contributed by atoms with E-state index in [0.29, 0.717) is 6.61 Å². The van der Waals surface area contributed by atoms with Gasteiger partial charge in [0.25, 0.3) is 0 Å². The van der Waals surface area contributed by atoms with Gasteiger partial charge in [0.05, 0.1) is 12.7 Å². The molecule has 0 aliphatic carbocycles. The number of rotatable bonds is 6. The molecule has 0 spiro atoms. The molecule has 0 aliphatic heterocycles. The predicted molar refractivity (Wildman–Crippen MR) is 90.5 cm³/mol. The maximum absolute atomic E-state index is 11.4. The summed E-state index contributed by atoms with van der Waals surface area (Å²) >= 11 is 0. The molecule has 0 saturated carbocycles. The molecule has 0 saturated heterocycles. The standard InChI is InChI=1S/C19H18N2O2/c1-2-23-19(22)13-12-16-10-6-7-11-17(16)21-18(14-20)15-8-4-3-5-9-15/h3-13,18,21H,2H2,1H3/b13-12+. The van der Waals surface area contributed by atoms with E-state index in [4.69, 9.17) is 4.74 Å². The first-order valence-corrected chi connectivity index (χ1v) is 7.39. The van der Waals surface area contributed by atoms with E-state index >= 15 is 0 Å². The summed E-state index contributed by atoms with van der Waals surface area (Å²) in [6.07, 6.45) is 3.06. The summed E-state index contributed by atoms with van der Waals surface area (Å²) in [4.78, 5) is 11.4. The second kappa shape index (κ2) is 8.40. The third-order valence-electron chi connectivity index (χ3n) is 3.21. The van der Waals surface area contributed by atoms with E-state index in [2.05, 4.69) is 11.4 Å². The van der Waals surface area contributed by atoms with Crippen LogP contribution in [0.2, 0.25) is 0 Å². The molecule has 0 heterocycles. The molecule has 0 aliphatic rings. The van der Waals surface area contributed by atoms with Crippen LogP contribution < -0.4 is 5.32 Å². The lowest BCUT2D eigenvalue weighted by molar-refractivity contribution is -0.137. The Bertz CT molecular complexity index is 718. The van der Waals surface area contributed by atoms with Gasteiger partial charge in [0.15, 0.2) is 0 Å². The van der Waals surface area contributed by atoms with E-state index < -0.39 is 6.04 Å². The highest BCUT2D eigenvalue weighted by molar-refractivity contribution is 5.88. The molecule has 0 fully saturated rings. The SMILES string of the molecule is CCOC(=O)/C=C/c1ccccc1NC(C#N)c1ccccc1. The van der Waals surface area contributed by atoms with Crippen molar-refractivity contribution in [3.05, 3.63) is 71.8 Å². The van der Waals surface area contributed by atoms with Crippen molar-refractivity contribution in [3.63, 3.8) is 0 Å². The van der Waals surface area contributed by atoms with Crippen LogP contribution in [0.1, 0.15) is 24.1 Å². The van der Waals surface area contributed by atoms with Crippen molar-refractivity contribution in [3.8, 4) is 6.07 Å². The van der Waals surface area contributed by atoms with E-state index in [-0.39, 0.29) is 5.97 Å². The molecule has 1 N–H and O–H groups in total. The zero-order valence-electron chi connectivity index (χ0n) is 12.9. The fraction of sp³-hybridized carbons (Fsp3) is 0.158. The van der Waals surface area contributed by atoms with Gasteiger partial charge in [-0.05, 0) is 30.2 Å². The monoisotopic (exact) mass is 306 g/mol. The van der Waals surface area contributed by atoms with Gasteiger partial charge in [-0.15, -0.1) is 0 Å². The first-order chi connectivity index (χ1) is 11.2. The molecule has 0 bridgehead atoms. The number of benzene rings is 2. The molecule has 116 valence electrons. The lowest BCUT2D eigenvalue weighted by Crippen LogP contribution is -2.09. The molecular weight excluding hydrogens is 288 g/mol. The van der Waals surface area contributed by atoms with Gasteiger partial charge in [0.2, 0.25) is 0 Å². The highest BCUT2D eigenvalue weighted by atomic mass is 16.5. The third kappa shape index (κ3) is 4.72. The largest absolute Gasteiger partial charge is 0.463 e. The van der Waals surface area contributed by atoms with Crippen LogP contribution in [0.4, 0.5) is 5.69 Å². The zero-order chi connectivity index (χ0) is 16.5. The number of nitrogens with zero attached hydrogens (tertiary/aromatic N) is 1. The van der Waals surface area contributed by atoms with Crippen molar-refractivity contribution < 1.29 is 9.53 Å². The van der Waals surface area contributed by atoms with Crippen LogP contribution in [0.5, 0.6) is 0 Å². The number of anilines is 1. The van der Waals surface area contributed by atoms with Crippen LogP contribution in [0.15, 0.2) is 60.7 Å². The Morgan fingerprint density at radius 2 is 1.91 bits per heavy atom. The molecule has 2 aromatic rings. The number of nitrogens with one attached hydrogen (secondary N) is 1. The van der Waals surface area contributed by atoms with Crippen molar-refractivity contribution in [1.29, 1.82) is 5.26 Å². The van der Waals surface area contributed by atoms with Gasteiger partial charge < -0.3 is 10.1 Å². The van der Waals surface area contributed by atoms with Gasteiger partial charge >= 0.3 is 5.97 Å². The molecule has 2 aromatic carbocycles. The van der Waals surface area contributed by atoms with Crippen molar-refractivity contribution in [2.45, 2.75) is 13.0 Å². The lowest BCUT2D eigenvalue weighted by Gasteiger charge is -2.15. The molecule has 1 atom stereocenters. The molecule has 0 radical (unpaired) electrons. The van der Waals surface area contributed by atoms with Crippen molar-refractivity contribution in [2.24, 2.45) is 0 Å². The molecule has 2 rings (SSSR count). The van der Waals surface area contributed by atoms with E-state index in [9.17, 15) is 10.1 Å². The number of esters is 1. The van der Waals surface area contributed by atoms with Crippen molar-refractivity contribution >= 4 is 17.7 Å². The lowest BCUT2D eigenvalue weighted by atomic mass is 10.1. The Hall–Kier alpha value is -3.06. The van der Waals surface area contributed by atoms with E-state index in [0.717, 1.165) is 16.8 Å². The molecule has 0 amide bonds. The van der Waals surface area contributed by atoms with E-state index in [1.165, 1.54) is 6.08 Å². The second-order valence-corrected chi connectivity index (χ2v) is 4.79. The maximum Gasteiger partial charge on any atom is 0.330 e. The Balaban J connectivity index is 2.20. The Labute approximate surface area is 136 Å². The minimum Gasteiger partial charge on any atom is -0.463 e. The molecular formula is C19H18N2O2. The highest BCUT2D eigenvalue weighted by Crippen LogP contribution is 2.23. The predicted octanol–water partition coefficient (Wildman–Crippen LogP) is 3.94. The van der Waals surface area contributed by atoms with Crippen molar-refractivity contribution in [1.82, 2.24) is 0 Å². The van der Waals surface area contributed by atoms with Gasteiger partial charge in [0, 0.05) is 11.8 Å². The minimum absolute atomic E-state index is 0.341. The maximum atomic E-state index is 11.4. The van der Waals surface area contributed by atoms with Gasteiger partial charge in [0.1, 0.15) is 6.04 Å². The number of nitriles is 1. The fourth-order valence-electron chi connectivity index (χ4n) is 2.11. The van der Waals surface area contributed by atoms with Gasteiger partial charge in [-0.3, -0.25) is 0 Å². The first kappa shape index (κ1) is 16.3. The topological polar surface area (TPSA) is 62.1 Å². The van der Waals surface area contributed by atoms with Crippen LogP contribution >= 0.6 is 0 Å². The Morgan fingerprint density at radius 1 is 1.22 bits per heavy atom. The van der Waals surface area contributed by atoms with Crippen LogP contribution in [-0.4, -0.2) is 12.6 Å². The summed E-state index contributed by atoms with van der Waals surface area (Å²) in [6, 6.07) is 18.8. The summed E-state index contributed by atoms with van der Waals surface area (Å²) in [6.45, 7) is 2.10. The molecule has 4 nitrogen and oxygen atoms in total. The molecule has 23 heavy (non-hydrogen) atoms. The normalized spacial score (nSPS) is 11.7. The quantitative estimate of drug-likeness (QED) is 0.648. The molecule has 4 heteroatoms. The number of hydrogen-bond acceptors (Lipinski definition) is 4. The number of carbonyl (C=O) groups excluding carboxylic acids is 1. The van der Waals surface area contributed by atoms with E-state index in [1.54, 1.807) is 13.0 Å². The average Bonchev–Trinajstić information content (AvgIpc) is 2.59. The number of ether oxygens (including phenoxy) is 1. The average molecular weight is 306 g/mol. The second-order valence-electron chi connectivity index (χ2n) is 4.79. The van der Waals surface area contributed by atoms with Gasteiger partial charge in [-0.25, -0.2) is 4.79 Å². The molecule has 0 aromatic heterocycles. The Kier molecular flexibility index (Phi) is 5.96. The van der Waals surface area contributed by atoms with Crippen molar-refractivity contribution in [2.75, 3.05) is 11.9 Å². The van der Waals surface area contributed by atoms with Gasteiger partial charge in [-0.1, -0.05) is 48.5 Å². The van der Waals surface area contributed by atoms with Crippen LogP contribution in [0, 0.1) is 11.3 Å². The highest BCUT2D eigenvalue weighted by Gasteiger charge is 2.11. The minimum atomic E-state index is -0.464. The fourth-order valence-corrected chi connectivity index (χ4v) is 2.11. The third-order valence-corrected chi connectivity index (χ3v) is 3.21. The summed E-state index contributed by atoms with van der Waals surface area (Å²) < 4.78 is 4.88. The smallest absolute Gasteiger partial charge is 0.330 e. The first-order valence-electron chi connectivity index (χ1n) is 7.39. The summed E-state index contributed by atoms with van der Waals surface area (Å²) in [7, 11) is 0. The van der Waals surface area contributed by atoms with Gasteiger partial charge in [-0.2, -0.15) is 5.26 Å².